The van der Waals surface area contributed by atoms with Gasteiger partial charge in [-0.15, -0.1) is 0 Å². The van der Waals surface area contributed by atoms with E-state index in [1.807, 2.05) is 13.8 Å². The van der Waals surface area contributed by atoms with E-state index in [1.54, 1.807) is 18.2 Å². The predicted octanol–water partition coefficient (Wildman–Crippen LogP) is 3.96. The Labute approximate surface area is 134 Å². The number of hydrogen-bond acceptors (Lipinski definition) is 2. The van der Waals surface area contributed by atoms with Crippen LogP contribution >= 0.6 is 0 Å². The Bertz CT molecular complexity index is 756. The zero-order valence-electron chi connectivity index (χ0n) is 13.3. The van der Waals surface area contributed by atoms with Gasteiger partial charge in [0.15, 0.2) is 0 Å². The molecule has 1 heterocycles. The fraction of sp³-hybridized carbons (Fsp3) is 0.222. The van der Waals surface area contributed by atoms with E-state index in [9.17, 15) is 13.6 Å². The minimum atomic E-state index is -0.421. The van der Waals surface area contributed by atoms with Gasteiger partial charge < -0.3 is 4.90 Å². The Morgan fingerprint density at radius 2 is 1.74 bits per heavy atom. The highest BCUT2D eigenvalue weighted by Crippen LogP contribution is 2.31. The summed E-state index contributed by atoms with van der Waals surface area (Å²) in [7, 11) is 1.49. The van der Waals surface area contributed by atoms with Crippen LogP contribution in [0, 0.1) is 11.6 Å². The van der Waals surface area contributed by atoms with Crippen molar-refractivity contribution in [1.29, 1.82) is 0 Å². The van der Waals surface area contributed by atoms with Gasteiger partial charge >= 0.3 is 0 Å². The molecule has 0 aliphatic carbocycles. The summed E-state index contributed by atoms with van der Waals surface area (Å²) >= 11 is 0. The Morgan fingerprint density at radius 3 is 2.39 bits per heavy atom. The molecule has 0 saturated heterocycles. The number of rotatable bonds is 2. The topological polar surface area (TPSA) is 32.7 Å². The van der Waals surface area contributed by atoms with Crippen molar-refractivity contribution < 1.29 is 13.6 Å². The van der Waals surface area contributed by atoms with E-state index >= 15 is 0 Å². The number of nitrogens with zero attached hydrogens (tertiary/aromatic N) is 2. The molecule has 1 amide bonds. The highest BCUT2D eigenvalue weighted by Gasteiger charge is 2.33. The van der Waals surface area contributed by atoms with Crippen LogP contribution in [0.25, 0.3) is 0 Å². The van der Waals surface area contributed by atoms with Gasteiger partial charge in [0.2, 0.25) is 0 Å². The van der Waals surface area contributed by atoms with Crippen molar-refractivity contribution in [3.8, 4) is 0 Å². The molecule has 0 bridgehead atoms. The van der Waals surface area contributed by atoms with Crippen molar-refractivity contribution in [1.82, 2.24) is 0 Å². The average Bonchev–Trinajstić information content (AvgIpc) is 2.80. The number of anilines is 1. The maximum absolute atomic E-state index is 13.4. The first-order valence-corrected chi connectivity index (χ1v) is 7.43. The third kappa shape index (κ3) is 3.28. The summed E-state index contributed by atoms with van der Waals surface area (Å²) in [5.41, 5.74) is 1.95. The number of amides is 1. The Kier molecular flexibility index (Phi) is 5.21. The molecule has 0 radical (unpaired) electrons. The molecule has 2 aromatic carbocycles. The Morgan fingerprint density at radius 1 is 1.04 bits per heavy atom. The largest absolute Gasteiger partial charge is 0.302 e. The molecule has 1 aliphatic heterocycles. The standard InChI is InChI=1S/C16H12F2N2O.C2H6/c1-19-15-13-8-12(18)5-6-14(13)20(16(15)21)9-10-3-2-4-11(17)7-10;1-2/h2-8H,9H2,1H3;1-2H3. The maximum atomic E-state index is 13.4. The summed E-state index contributed by atoms with van der Waals surface area (Å²) in [6.45, 7) is 4.22. The van der Waals surface area contributed by atoms with Crippen molar-refractivity contribution in [3.63, 3.8) is 0 Å². The van der Waals surface area contributed by atoms with Gasteiger partial charge in [-0.3, -0.25) is 9.79 Å². The lowest BCUT2D eigenvalue weighted by molar-refractivity contribution is -0.112. The second-order valence-electron chi connectivity index (χ2n) is 4.75. The molecule has 0 unspecified atom stereocenters. The van der Waals surface area contributed by atoms with E-state index in [0.717, 1.165) is 0 Å². The van der Waals surface area contributed by atoms with Gasteiger partial charge in [0.1, 0.15) is 17.3 Å². The lowest BCUT2D eigenvalue weighted by Crippen LogP contribution is -2.29. The molecule has 3 rings (SSSR count). The SMILES string of the molecule is CC.CN=C1C(=O)N(Cc2cccc(F)c2)c2ccc(F)cc21. The fourth-order valence-corrected chi connectivity index (χ4v) is 2.48. The van der Waals surface area contributed by atoms with E-state index in [2.05, 4.69) is 4.99 Å². The first-order chi connectivity index (χ1) is 11.1. The monoisotopic (exact) mass is 316 g/mol. The summed E-state index contributed by atoms with van der Waals surface area (Å²) in [4.78, 5) is 17.8. The quantitative estimate of drug-likeness (QED) is 0.825. The van der Waals surface area contributed by atoms with Crippen LogP contribution in [-0.4, -0.2) is 18.7 Å². The number of carbonyl (C=O) groups is 1. The summed E-state index contributed by atoms with van der Waals surface area (Å²) in [5, 5.41) is 0. The van der Waals surface area contributed by atoms with Crippen molar-refractivity contribution >= 4 is 17.3 Å². The number of hydrogen-bond donors (Lipinski definition) is 0. The molecule has 5 heteroatoms. The number of fused-ring (bicyclic) bond motifs is 1. The molecule has 3 nitrogen and oxygen atoms in total. The first kappa shape index (κ1) is 16.8. The van der Waals surface area contributed by atoms with E-state index in [4.69, 9.17) is 0 Å². The van der Waals surface area contributed by atoms with Crippen LogP contribution in [0.5, 0.6) is 0 Å². The number of carbonyl (C=O) groups excluding carboxylic acids is 1. The molecule has 0 saturated carbocycles. The summed E-state index contributed by atoms with van der Waals surface area (Å²) in [6.07, 6.45) is 0. The molecule has 0 atom stereocenters. The summed E-state index contributed by atoms with van der Waals surface area (Å²) in [5.74, 6) is -1.08. The zero-order valence-corrected chi connectivity index (χ0v) is 13.3. The van der Waals surface area contributed by atoms with Gasteiger partial charge in [-0.1, -0.05) is 26.0 Å². The van der Waals surface area contributed by atoms with Crippen molar-refractivity contribution in [2.75, 3.05) is 11.9 Å². The Hall–Kier alpha value is -2.56. The molecule has 2 aromatic rings. The molecular weight excluding hydrogens is 298 g/mol. The lowest BCUT2D eigenvalue weighted by atomic mass is 10.1. The van der Waals surface area contributed by atoms with Gasteiger partial charge in [-0.25, -0.2) is 8.78 Å². The second kappa shape index (κ2) is 7.13. The molecule has 120 valence electrons. The van der Waals surface area contributed by atoms with Crippen LogP contribution in [0.4, 0.5) is 14.5 Å². The Balaban J connectivity index is 0.000000924. The smallest absolute Gasteiger partial charge is 0.277 e. The highest BCUT2D eigenvalue weighted by molar-refractivity contribution is 6.54. The van der Waals surface area contributed by atoms with Gasteiger partial charge in [0, 0.05) is 12.6 Å². The molecule has 0 fully saturated rings. The van der Waals surface area contributed by atoms with Crippen LogP contribution in [0.15, 0.2) is 47.5 Å². The zero-order chi connectivity index (χ0) is 17.0. The van der Waals surface area contributed by atoms with Crippen LogP contribution in [-0.2, 0) is 11.3 Å². The van der Waals surface area contributed by atoms with Crippen molar-refractivity contribution in [2.45, 2.75) is 20.4 Å². The second-order valence-corrected chi connectivity index (χ2v) is 4.75. The highest BCUT2D eigenvalue weighted by atomic mass is 19.1. The van der Waals surface area contributed by atoms with Gasteiger partial charge in [0.25, 0.3) is 5.91 Å². The average molecular weight is 316 g/mol. The summed E-state index contributed by atoms with van der Waals surface area (Å²) in [6, 6.07) is 10.2. The van der Waals surface area contributed by atoms with Gasteiger partial charge in [-0.2, -0.15) is 0 Å². The lowest BCUT2D eigenvalue weighted by Gasteiger charge is -2.17. The predicted molar refractivity (Wildman–Crippen MR) is 87.8 cm³/mol. The van der Waals surface area contributed by atoms with E-state index in [1.165, 1.54) is 36.2 Å². The number of halogens is 2. The summed E-state index contributed by atoms with van der Waals surface area (Å²) < 4.78 is 26.6. The minimum absolute atomic E-state index is 0.217. The van der Waals surface area contributed by atoms with Crippen LogP contribution < -0.4 is 4.90 Å². The maximum Gasteiger partial charge on any atom is 0.277 e. The number of benzene rings is 2. The van der Waals surface area contributed by atoms with E-state index in [-0.39, 0.29) is 24.0 Å². The minimum Gasteiger partial charge on any atom is -0.302 e. The molecule has 0 aromatic heterocycles. The third-order valence-corrected chi connectivity index (χ3v) is 3.41. The normalized spacial score (nSPS) is 14.6. The van der Waals surface area contributed by atoms with Crippen LogP contribution in [0.1, 0.15) is 25.0 Å². The molecular formula is C18H18F2N2O. The molecule has 0 N–H and O–H groups in total. The van der Waals surface area contributed by atoms with E-state index < -0.39 is 5.82 Å². The molecule has 1 aliphatic rings. The van der Waals surface area contributed by atoms with Gasteiger partial charge in [-0.05, 0) is 35.9 Å². The molecule has 23 heavy (non-hydrogen) atoms. The number of aliphatic imine (C=N–C) groups is 1. The van der Waals surface area contributed by atoms with Crippen LogP contribution in [0.2, 0.25) is 0 Å². The van der Waals surface area contributed by atoms with Crippen molar-refractivity contribution in [3.05, 3.63) is 65.2 Å². The van der Waals surface area contributed by atoms with Crippen molar-refractivity contribution in [2.24, 2.45) is 4.99 Å². The molecule has 0 spiro atoms. The van der Waals surface area contributed by atoms with Crippen LogP contribution in [0.3, 0.4) is 0 Å². The first-order valence-electron chi connectivity index (χ1n) is 7.43. The third-order valence-electron chi connectivity index (χ3n) is 3.41. The fourth-order valence-electron chi connectivity index (χ4n) is 2.48. The van der Waals surface area contributed by atoms with E-state index in [0.29, 0.717) is 16.8 Å². The van der Waals surface area contributed by atoms with Gasteiger partial charge in [0.05, 0.1) is 12.2 Å².